The van der Waals surface area contributed by atoms with Gasteiger partial charge in [0.05, 0.1) is 18.9 Å². The number of hydrogen-bond acceptors (Lipinski definition) is 5. The first-order valence-electron chi connectivity index (χ1n) is 6.02. The Bertz CT molecular complexity index is 553. The number of benzene rings is 1. The number of ether oxygens (including phenoxy) is 1. The summed E-state index contributed by atoms with van der Waals surface area (Å²) < 4.78 is 5.11. The van der Waals surface area contributed by atoms with Crippen LogP contribution in [0.5, 0.6) is 5.75 Å². The van der Waals surface area contributed by atoms with E-state index in [0.29, 0.717) is 12.0 Å². The lowest BCUT2D eigenvalue weighted by Gasteiger charge is -2.11. The number of rotatable bonds is 4. The van der Waals surface area contributed by atoms with Gasteiger partial charge in [0.1, 0.15) is 5.75 Å². The van der Waals surface area contributed by atoms with Crippen LogP contribution in [0.25, 0.3) is 0 Å². The molecule has 5 heteroatoms. The maximum Gasteiger partial charge on any atom is 0.220 e. The van der Waals surface area contributed by atoms with Gasteiger partial charge in [0.25, 0.3) is 0 Å². The van der Waals surface area contributed by atoms with Crippen molar-refractivity contribution in [1.82, 2.24) is 9.97 Å². The summed E-state index contributed by atoms with van der Waals surface area (Å²) in [7, 11) is 1.63. The molecule has 1 heterocycles. The first-order valence-corrected chi connectivity index (χ1v) is 6.02. The minimum Gasteiger partial charge on any atom is -0.497 e. The van der Waals surface area contributed by atoms with Gasteiger partial charge in [-0.05, 0) is 24.6 Å². The Morgan fingerprint density at radius 2 is 2.00 bits per heavy atom. The van der Waals surface area contributed by atoms with E-state index >= 15 is 0 Å². The van der Waals surface area contributed by atoms with Gasteiger partial charge in [0.15, 0.2) is 0 Å². The molecular formula is C14H17N3O2. The number of aliphatic hydroxyl groups excluding tert-OH is 1. The van der Waals surface area contributed by atoms with E-state index in [1.165, 1.54) is 0 Å². The highest BCUT2D eigenvalue weighted by Gasteiger charge is 2.11. The van der Waals surface area contributed by atoms with Crippen LogP contribution in [0.3, 0.4) is 0 Å². The van der Waals surface area contributed by atoms with E-state index in [9.17, 15) is 5.11 Å². The van der Waals surface area contributed by atoms with Crippen molar-refractivity contribution in [2.24, 2.45) is 0 Å². The van der Waals surface area contributed by atoms with Crippen LogP contribution in [-0.4, -0.2) is 22.2 Å². The Morgan fingerprint density at radius 1 is 1.32 bits per heavy atom. The van der Waals surface area contributed by atoms with Crippen LogP contribution in [-0.2, 0) is 6.42 Å². The van der Waals surface area contributed by atoms with Crippen molar-refractivity contribution in [2.75, 3.05) is 12.8 Å². The van der Waals surface area contributed by atoms with E-state index in [0.717, 1.165) is 17.0 Å². The Labute approximate surface area is 112 Å². The van der Waals surface area contributed by atoms with Gasteiger partial charge in [-0.1, -0.05) is 12.1 Å². The van der Waals surface area contributed by atoms with Gasteiger partial charge in [0, 0.05) is 18.2 Å². The van der Waals surface area contributed by atoms with Gasteiger partial charge in [-0.25, -0.2) is 9.97 Å². The standard InChI is InChI=1S/C14H17N3O2/c1-9(18)12-8-16-14(15)17-13(12)7-10-3-5-11(19-2)6-4-10/h3-6,8-9,18H,7H2,1-2H3,(H2,15,16,17). The largest absolute Gasteiger partial charge is 0.497 e. The first-order chi connectivity index (χ1) is 9.10. The molecule has 100 valence electrons. The second-order valence-corrected chi connectivity index (χ2v) is 4.33. The number of nitrogens with zero attached hydrogens (tertiary/aromatic N) is 2. The van der Waals surface area contributed by atoms with E-state index in [4.69, 9.17) is 10.5 Å². The molecule has 19 heavy (non-hydrogen) atoms. The smallest absolute Gasteiger partial charge is 0.220 e. The zero-order valence-electron chi connectivity index (χ0n) is 11.0. The third-order valence-electron chi connectivity index (χ3n) is 2.90. The fraction of sp³-hybridized carbons (Fsp3) is 0.286. The molecule has 0 fully saturated rings. The maximum atomic E-state index is 9.71. The molecule has 2 aromatic rings. The highest BCUT2D eigenvalue weighted by molar-refractivity contribution is 5.34. The highest BCUT2D eigenvalue weighted by Crippen LogP contribution is 2.20. The Kier molecular flexibility index (Phi) is 3.97. The molecular weight excluding hydrogens is 242 g/mol. The van der Waals surface area contributed by atoms with Crippen LogP contribution in [0.2, 0.25) is 0 Å². The summed E-state index contributed by atoms with van der Waals surface area (Å²) in [6.45, 7) is 1.69. The second kappa shape index (κ2) is 5.67. The summed E-state index contributed by atoms with van der Waals surface area (Å²) in [4.78, 5) is 8.12. The van der Waals surface area contributed by atoms with Crippen molar-refractivity contribution >= 4 is 5.95 Å². The number of nitrogen functional groups attached to an aromatic ring is 1. The molecule has 0 aliphatic heterocycles. The van der Waals surface area contributed by atoms with Crippen LogP contribution in [0, 0.1) is 0 Å². The molecule has 1 atom stereocenters. The van der Waals surface area contributed by atoms with Gasteiger partial charge < -0.3 is 15.6 Å². The number of aliphatic hydroxyl groups is 1. The number of aromatic nitrogens is 2. The molecule has 3 N–H and O–H groups in total. The molecule has 0 radical (unpaired) electrons. The van der Waals surface area contributed by atoms with Crippen LogP contribution in [0.1, 0.15) is 29.8 Å². The Hall–Kier alpha value is -2.14. The fourth-order valence-electron chi connectivity index (χ4n) is 1.87. The zero-order valence-corrected chi connectivity index (χ0v) is 11.0. The summed E-state index contributed by atoms with van der Waals surface area (Å²) >= 11 is 0. The predicted octanol–water partition coefficient (Wildman–Crippen LogP) is 1.71. The van der Waals surface area contributed by atoms with E-state index < -0.39 is 6.10 Å². The lowest BCUT2D eigenvalue weighted by atomic mass is 10.0. The minimum atomic E-state index is -0.617. The molecule has 0 aliphatic rings. The zero-order chi connectivity index (χ0) is 13.8. The second-order valence-electron chi connectivity index (χ2n) is 4.33. The van der Waals surface area contributed by atoms with Crippen molar-refractivity contribution in [2.45, 2.75) is 19.4 Å². The van der Waals surface area contributed by atoms with Crippen LogP contribution in [0.4, 0.5) is 5.95 Å². The molecule has 1 unspecified atom stereocenters. The molecule has 0 amide bonds. The number of nitrogens with two attached hydrogens (primary N) is 1. The van der Waals surface area contributed by atoms with E-state index in [-0.39, 0.29) is 5.95 Å². The van der Waals surface area contributed by atoms with Gasteiger partial charge >= 0.3 is 0 Å². The van der Waals surface area contributed by atoms with Crippen molar-refractivity contribution in [3.8, 4) is 5.75 Å². The van der Waals surface area contributed by atoms with E-state index in [2.05, 4.69) is 9.97 Å². The van der Waals surface area contributed by atoms with E-state index in [1.54, 1.807) is 20.2 Å². The average molecular weight is 259 g/mol. The van der Waals surface area contributed by atoms with Crippen molar-refractivity contribution in [3.63, 3.8) is 0 Å². The minimum absolute atomic E-state index is 0.216. The Morgan fingerprint density at radius 3 is 2.58 bits per heavy atom. The van der Waals surface area contributed by atoms with Crippen LogP contribution in [0.15, 0.2) is 30.5 Å². The third-order valence-corrected chi connectivity index (χ3v) is 2.90. The summed E-state index contributed by atoms with van der Waals surface area (Å²) in [6, 6.07) is 7.70. The highest BCUT2D eigenvalue weighted by atomic mass is 16.5. The summed E-state index contributed by atoms with van der Waals surface area (Å²) in [5.41, 5.74) is 8.12. The molecule has 2 rings (SSSR count). The lowest BCUT2D eigenvalue weighted by molar-refractivity contribution is 0.197. The van der Waals surface area contributed by atoms with Crippen molar-refractivity contribution in [1.29, 1.82) is 0 Å². The van der Waals surface area contributed by atoms with E-state index in [1.807, 2.05) is 24.3 Å². The number of anilines is 1. The SMILES string of the molecule is COc1ccc(Cc2nc(N)ncc2C(C)O)cc1. The lowest BCUT2D eigenvalue weighted by Crippen LogP contribution is -2.07. The average Bonchev–Trinajstić information content (AvgIpc) is 2.39. The van der Waals surface area contributed by atoms with Gasteiger partial charge in [-0.3, -0.25) is 0 Å². The fourth-order valence-corrected chi connectivity index (χ4v) is 1.87. The summed E-state index contributed by atoms with van der Waals surface area (Å²) in [5.74, 6) is 1.02. The topological polar surface area (TPSA) is 81.3 Å². The normalized spacial score (nSPS) is 12.2. The molecule has 0 bridgehead atoms. The number of hydrogen-bond donors (Lipinski definition) is 2. The first kappa shape index (κ1) is 13.3. The molecule has 0 aliphatic carbocycles. The van der Waals surface area contributed by atoms with Crippen LogP contribution < -0.4 is 10.5 Å². The van der Waals surface area contributed by atoms with Gasteiger partial charge in [-0.15, -0.1) is 0 Å². The van der Waals surface area contributed by atoms with Gasteiger partial charge in [-0.2, -0.15) is 0 Å². The summed E-state index contributed by atoms with van der Waals surface area (Å²) in [6.07, 6.45) is 1.55. The van der Waals surface area contributed by atoms with Crippen LogP contribution >= 0.6 is 0 Å². The molecule has 1 aromatic carbocycles. The van der Waals surface area contributed by atoms with Crippen molar-refractivity contribution < 1.29 is 9.84 Å². The van der Waals surface area contributed by atoms with Crippen molar-refractivity contribution in [3.05, 3.63) is 47.3 Å². The molecule has 0 saturated heterocycles. The molecule has 1 aromatic heterocycles. The predicted molar refractivity (Wildman–Crippen MR) is 72.9 cm³/mol. The Balaban J connectivity index is 2.28. The molecule has 5 nitrogen and oxygen atoms in total. The van der Waals surface area contributed by atoms with Gasteiger partial charge in [0.2, 0.25) is 5.95 Å². The monoisotopic (exact) mass is 259 g/mol. The third kappa shape index (κ3) is 3.20. The maximum absolute atomic E-state index is 9.71. The number of methoxy groups -OCH3 is 1. The molecule has 0 spiro atoms. The quantitative estimate of drug-likeness (QED) is 0.873. The summed E-state index contributed by atoms with van der Waals surface area (Å²) in [5, 5.41) is 9.71. The molecule has 0 saturated carbocycles.